The molecule has 0 aliphatic rings. The lowest BCUT2D eigenvalue weighted by Crippen LogP contribution is -2.10. The fraction of sp³-hybridized carbons (Fsp3) is 0.333. The molecule has 0 aliphatic heterocycles. The highest BCUT2D eigenvalue weighted by Gasteiger charge is 2.15. The number of hydrogen-bond acceptors (Lipinski definition) is 4. The number of benzene rings is 1. The van der Waals surface area contributed by atoms with Crippen LogP contribution in [-0.2, 0) is 4.79 Å². The Balaban J connectivity index is 3.33. The van der Waals surface area contributed by atoms with Crippen molar-refractivity contribution in [2.75, 3.05) is 19.5 Å². The van der Waals surface area contributed by atoms with Crippen molar-refractivity contribution in [1.29, 1.82) is 5.26 Å². The zero-order valence-electron chi connectivity index (χ0n) is 10.2. The van der Waals surface area contributed by atoms with Crippen molar-refractivity contribution < 1.29 is 14.3 Å². The molecule has 0 fully saturated rings. The Morgan fingerprint density at radius 3 is 2.41 bits per heavy atom. The number of nitrogens with one attached hydrogen (secondary N) is 1. The number of amides is 1. The first-order valence-corrected chi connectivity index (χ1v) is 4.98. The Morgan fingerprint density at radius 1 is 1.29 bits per heavy atom. The van der Waals surface area contributed by atoms with Crippen LogP contribution in [0, 0.1) is 25.2 Å². The molecule has 1 aromatic carbocycles. The molecule has 0 bridgehead atoms. The van der Waals surface area contributed by atoms with Crippen LogP contribution in [0.5, 0.6) is 11.5 Å². The van der Waals surface area contributed by atoms with E-state index in [1.807, 2.05) is 13.8 Å². The van der Waals surface area contributed by atoms with Crippen LogP contribution < -0.4 is 14.8 Å². The normalized spacial score (nSPS) is 9.35. The molecule has 5 nitrogen and oxygen atoms in total. The average molecular weight is 234 g/mol. The summed E-state index contributed by atoms with van der Waals surface area (Å²) >= 11 is 0. The molecule has 1 N–H and O–H groups in total. The quantitative estimate of drug-likeness (QED) is 0.809. The molecule has 0 unspecified atom stereocenters. The van der Waals surface area contributed by atoms with E-state index >= 15 is 0 Å². The van der Waals surface area contributed by atoms with Crippen LogP contribution in [0.2, 0.25) is 0 Å². The predicted octanol–water partition coefficient (Wildman–Crippen LogP) is 1.78. The van der Waals surface area contributed by atoms with E-state index < -0.39 is 5.91 Å². The first kappa shape index (κ1) is 12.8. The van der Waals surface area contributed by atoms with Crippen molar-refractivity contribution in [3.8, 4) is 17.6 Å². The van der Waals surface area contributed by atoms with E-state index in [1.54, 1.807) is 13.2 Å². The van der Waals surface area contributed by atoms with Crippen molar-refractivity contribution in [3.05, 3.63) is 17.2 Å². The lowest BCUT2D eigenvalue weighted by atomic mass is 10.1. The van der Waals surface area contributed by atoms with Gasteiger partial charge in [-0.05, 0) is 25.0 Å². The molecular formula is C12H14N2O3. The molecule has 0 aliphatic carbocycles. The summed E-state index contributed by atoms with van der Waals surface area (Å²) in [6.07, 6.45) is 0. The van der Waals surface area contributed by atoms with Gasteiger partial charge in [-0.1, -0.05) is 0 Å². The Bertz CT molecular complexity index is 490. The summed E-state index contributed by atoms with van der Waals surface area (Å²) in [6, 6.07) is 3.13. The third-order valence-corrected chi connectivity index (χ3v) is 2.57. The number of rotatable bonds is 3. The van der Waals surface area contributed by atoms with E-state index in [1.165, 1.54) is 13.2 Å². The van der Waals surface area contributed by atoms with E-state index in [0.717, 1.165) is 11.1 Å². The van der Waals surface area contributed by atoms with Crippen LogP contribution in [0.4, 0.5) is 5.69 Å². The SMILES string of the molecule is COc1cc(NC(=O)C#N)c(OC)c(C)c1C. The van der Waals surface area contributed by atoms with Gasteiger partial charge in [-0.2, -0.15) is 5.26 Å². The average Bonchev–Trinajstić information content (AvgIpc) is 2.33. The van der Waals surface area contributed by atoms with Crippen molar-refractivity contribution in [3.63, 3.8) is 0 Å². The highest BCUT2D eigenvalue weighted by molar-refractivity contribution is 6.03. The third kappa shape index (κ3) is 2.48. The fourth-order valence-corrected chi connectivity index (χ4v) is 1.58. The minimum Gasteiger partial charge on any atom is -0.496 e. The van der Waals surface area contributed by atoms with Crippen LogP contribution in [-0.4, -0.2) is 20.1 Å². The third-order valence-electron chi connectivity index (χ3n) is 2.57. The van der Waals surface area contributed by atoms with Crippen molar-refractivity contribution in [1.82, 2.24) is 0 Å². The molecule has 0 heterocycles. The van der Waals surface area contributed by atoms with Gasteiger partial charge < -0.3 is 14.8 Å². The Kier molecular flexibility index (Phi) is 3.94. The highest BCUT2D eigenvalue weighted by atomic mass is 16.5. The van der Waals surface area contributed by atoms with E-state index in [0.29, 0.717) is 17.2 Å². The number of nitrogens with zero attached hydrogens (tertiary/aromatic N) is 1. The van der Waals surface area contributed by atoms with E-state index in [2.05, 4.69) is 5.32 Å². The molecule has 17 heavy (non-hydrogen) atoms. The number of nitriles is 1. The van der Waals surface area contributed by atoms with Crippen molar-refractivity contribution in [2.24, 2.45) is 0 Å². The molecule has 1 rings (SSSR count). The second-order valence-corrected chi connectivity index (χ2v) is 3.48. The maximum Gasteiger partial charge on any atom is 0.326 e. The zero-order chi connectivity index (χ0) is 13.0. The number of carbonyl (C=O) groups is 1. The molecule has 0 atom stereocenters. The second-order valence-electron chi connectivity index (χ2n) is 3.48. The standard InChI is InChI=1S/C12H14N2O3/c1-7-8(2)12(17-4)9(5-10(7)16-3)14-11(15)6-13/h5H,1-4H3,(H,14,15). The van der Waals surface area contributed by atoms with Crippen LogP contribution >= 0.6 is 0 Å². The second kappa shape index (κ2) is 5.21. The van der Waals surface area contributed by atoms with Gasteiger partial charge in [0.25, 0.3) is 0 Å². The van der Waals surface area contributed by atoms with Gasteiger partial charge in [-0.25, -0.2) is 0 Å². The van der Waals surface area contributed by atoms with Crippen molar-refractivity contribution >= 4 is 11.6 Å². The Labute approximate surface area is 100.0 Å². The predicted molar refractivity (Wildman–Crippen MR) is 63.3 cm³/mol. The minimum atomic E-state index is -0.742. The molecule has 0 saturated carbocycles. The van der Waals surface area contributed by atoms with Gasteiger partial charge in [-0.15, -0.1) is 0 Å². The largest absolute Gasteiger partial charge is 0.496 e. The summed E-state index contributed by atoms with van der Waals surface area (Å²) < 4.78 is 10.4. The lowest BCUT2D eigenvalue weighted by Gasteiger charge is -2.16. The molecular weight excluding hydrogens is 220 g/mol. The molecule has 90 valence electrons. The van der Waals surface area contributed by atoms with E-state index in [9.17, 15) is 4.79 Å². The molecule has 5 heteroatoms. The topological polar surface area (TPSA) is 71.3 Å². The smallest absolute Gasteiger partial charge is 0.326 e. The first-order chi connectivity index (χ1) is 8.04. The maximum atomic E-state index is 11.1. The summed E-state index contributed by atoms with van der Waals surface area (Å²) in [4.78, 5) is 11.1. The Hall–Kier alpha value is -2.22. The van der Waals surface area contributed by atoms with Gasteiger partial charge in [0.05, 0.1) is 19.9 Å². The lowest BCUT2D eigenvalue weighted by molar-refractivity contribution is -0.111. The Morgan fingerprint density at radius 2 is 1.94 bits per heavy atom. The number of anilines is 1. The maximum absolute atomic E-state index is 11.1. The van der Waals surface area contributed by atoms with Crippen LogP contribution in [0.3, 0.4) is 0 Å². The van der Waals surface area contributed by atoms with Gasteiger partial charge in [-0.3, -0.25) is 4.79 Å². The van der Waals surface area contributed by atoms with Gasteiger partial charge in [0, 0.05) is 6.07 Å². The zero-order valence-corrected chi connectivity index (χ0v) is 10.2. The van der Waals surface area contributed by atoms with Gasteiger partial charge in [0.15, 0.2) is 6.07 Å². The fourth-order valence-electron chi connectivity index (χ4n) is 1.58. The van der Waals surface area contributed by atoms with Gasteiger partial charge >= 0.3 is 5.91 Å². The molecule has 0 aromatic heterocycles. The molecule has 1 aromatic rings. The summed E-state index contributed by atoms with van der Waals surface area (Å²) in [5, 5.41) is 10.9. The summed E-state index contributed by atoms with van der Waals surface area (Å²) in [5.41, 5.74) is 2.22. The number of ether oxygens (including phenoxy) is 2. The van der Waals surface area contributed by atoms with E-state index in [-0.39, 0.29) is 0 Å². The number of carbonyl (C=O) groups excluding carboxylic acids is 1. The monoisotopic (exact) mass is 234 g/mol. The number of methoxy groups -OCH3 is 2. The first-order valence-electron chi connectivity index (χ1n) is 4.98. The van der Waals surface area contributed by atoms with E-state index in [4.69, 9.17) is 14.7 Å². The molecule has 1 amide bonds. The number of hydrogen-bond donors (Lipinski definition) is 1. The molecule has 0 radical (unpaired) electrons. The van der Waals surface area contributed by atoms with Gasteiger partial charge in [0.2, 0.25) is 0 Å². The van der Waals surface area contributed by atoms with Gasteiger partial charge in [0.1, 0.15) is 11.5 Å². The summed E-state index contributed by atoms with van der Waals surface area (Å²) in [5.74, 6) is 0.428. The summed E-state index contributed by atoms with van der Waals surface area (Å²) in [7, 11) is 3.06. The molecule has 0 spiro atoms. The molecule has 0 saturated heterocycles. The van der Waals surface area contributed by atoms with Crippen LogP contribution in [0.15, 0.2) is 6.07 Å². The van der Waals surface area contributed by atoms with Crippen LogP contribution in [0.1, 0.15) is 11.1 Å². The van der Waals surface area contributed by atoms with Crippen LogP contribution in [0.25, 0.3) is 0 Å². The summed E-state index contributed by atoms with van der Waals surface area (Å²) in [6.45, 7) is 3.76. The minimum absolute atomic E-state index is 0.430. The highest BCUT2D eigenvalue weighted by Crippen LogP contribution is 2.36. The van der Waals surface area contributed by atoms with Crippen molar-refractivity contribution in [2.45, 2.75) is 13.8 Å².